The summed E-state index contributed by atoms with van der Waals surface area (Å²) in [4.78, 5) is 34.9. The summed E-state index contributed by atoms with van der Waals surface area (Å²) >= 11 is 0. The van der Waals surface area contributed by atoms with Crippen molar-refractivity contribution in [2.75, 3.05) is 32.8 Å². The minimum absolute atomic E-state index is 0.0600. The van der Waals surface area contributed by atoms with Gasteiger partial charge in [0, 0.05) is 45.7 Å². The molecule has 8 heteroatoms. The molecule has 0 bridgehead atoms. The minimum Gasteiger partial charge on any atom is -0.444 e. The average Bonchev–Trinajstić information content (AvgIpc) is 2.53. The molecule has 1 heterocycles. The molecular formula is C18H33N3O5. The maximum atomic E-state index is 11.8. The first-order valence-electron chi connectivity index (χ1n) is 9.34. The highest BCUT2D eigenvalue weighted by atomic mass is 16.6. The van der Waals surface area contributed by atoms with E-state index in [1.165, 1.54) is 0 Å². The van der Waals surface area contributed by atoms with Crippen molar-refractivity contribution in [2.24, 2.45) is 5.92 Å². The maximum absolute atomic E-state index is 11.8. The molecule has 1 aliphatic heterocycles. The number of nitrogens with one attached hydrogen (secondary N) is 3. The molecule has 3 N–H and O–H groups in total. The summed E-state index contributed by atoms with van der Waals surface area (Å²) in [6.45, 7) is 8.08. The largest absolute Gasteiger partial charge is 0.444 e. The number of carbonyl (C=O) groups excluding carboxylic acids is 3. The lowest BCUT2D eigenvalue weighted by atomic mass is 9.96. The van der Waals surface area contributed by atoms with Gasteiger partial charge in [-0.05, 0) is 46.0 Å². The van der Waals surface area contributed by atoms with Gasteiger partial charge in [-0.15, -0.1) is 0 Å². The molecule has 150 valence electrons. The van der Waals surface area contributed by atoms with E-state index in [0.29, 0.717) is 31.8 Å². The molecule has 0 aromatic heterocycles. The van der Waals surface area contributed by atoms with Crippen LogP contribution in [0.3, 0.4) is 0 Å². The van der Waals surface area contributed by atoms with E-state index < -0.39 is 11.7 Å². The molecule has 3 amide bonds. The number of alkyl carbamates (subject to hydrolysis) is 1. The Labute approximate surface area is 155 Å². The fourth-order valence-corrected chi connectivity index (χ4v) is 2.51. The van der Waals surface area contributed by atoms with E-state index >= 15 is 0 Å². The Balaban J connectivity index is 1.97. The molecule has 1 saturated heterocycles. The number of rotatable bonds is 9. The van der Waals surface area contributed by atoms with Gasteiger partial charge in [-0.2, -0.15) is 0 Å². The predicted octanol–water partition coefficient (Wildman–Crippen LogP) is 1.34. The molecule has 1 fully saturated rings. The van der Waals surface area contributed by atoms with Gasteiger partial charge in [0.25, 0.3) is 0 Å². The first kappa shape index (κ1) is 22.2. The van der Waals surface area contributed by atoms with Crippen LogP contribution in [0.5, 0.6) is 0 Å². The molecule has 0 unspecified atom stereocenters. The Hall–Kier alpha value is -1.83. The third-order valence-corrected chi connectivity index (χ3v) is 3.83. The smallest absolute Gasteiger partial charge is 0.407 e. The number of ether oxygens (including phenoxy) is 2. The first-order valence-corrected chi connectivity index (χ1v) is 9.34. The maximum Gasteiger partial charge on any atom is 0.407 e. The lowest BCUT2D eigenvalue weighted by molar-refractivity contribution is -0.122. The van der Waals surface area contributed by atoms with Gasteiger partial charge in [0.05, 0.1) is 0 Å². The van der Waals surface area contributed by atoms with Gasteiger partial charge >= 0.3 is 6.09 Å². The number of hydrogen-bond donors (Lipinski definition) is 3. The summed E-state index contributed by atoms with van der Waals surface area (Å²) in [6.07, 6.45) is 2.77. The van der Waals surface area contributed by atoms with Crippen LogP contribution in [0.2, 0.25) is 0 Å². The molecule has 0 aliphatic carbocycles. The fourth-order valence-electron chi connectivity index (χ4n) is 2.51. The van der Waals surface area contributed by atoms with Crippen molar-refractivity contribution in [3.8, 4) is 0 Å². The van der Waals surface area contributed by atoms with Crippen molar-refractivity contribution < 1.29 is 23.9 Å². The van der Waals surface area contributed by atoms with Crippen LogP contribution in [0.4, 0.5) is 4.79 Å². The Kier molecular flexibility index (Phi) is 10.0. The second kappa shape index (κ2) is 11.7. The van der Waals surface area contributed by atoms with E-state index in [2.05, 4.69) is 16.0 Å². The third-order valence-electron chi connectivity index (χ3n) is 3.83. The van der Waals surface area contributed by atoms with Crippen molar-refractivity contribution in [2.45, 2.75) is 58.5 Å². The van der Waals surface area contributed by atoms with Gasteiger partial charge in [0.2, 0.25) is 11.8 Å². The molecule has 0 atom stereocenters. The van der Waals surface area contributed by atoms with E-state index in [4.69, 9.17) is 9.47 Å². The molecule has 0 aromatic rings. The van der Waals surface area contributed by atoms with E-state index in [1.807, 2.05) is 0 Å². The molecule has 1 aliphatic rings. The van der Waals surface area contributed by atoms with Gasteiger partial charge in [0.15, 0.2) is 0 Å². The van der Waals surface area contributed by atoms with Crippen LogP contribution in [-0.2, 0) is 19.1 Å². The van der Waals surface area contributed by atoms with E-state index in [0.717, 1.165) is 26.1 Å². The zero-order valence-electron chi connectivity index (χ0n) is 16.2. The summed E-state index contributed by atoms with van der Waals surface area (Å²) in [5.41, 5.74) is -0.554. The second-order valence-corrected chi connectivity index (χ2v) is 7.49. The van der Waals surface area contributed by atoms with Crippen LogP contribution >= 0.6 is 0 Å². The highest BCUT2D eigenvalue weighted by Gasteiger charge is 2.17. The van der Waals surface area contributed by atoms with Crippen molar-refractivity contribution in [1.82, 2.24) is 16.0 Å². The van der Waals surface area contributed by atoms with Gasteiger partial charge in [0.1, 0.15) is 5.60 Å². The SMILES string of the molecule is CC(C)(C)OC(=O)NCCC(=O)NCCCNC(=O)CC1CCOCC1. The van der Waals surface area contributed by atoms with Crippen LogP contribution in [0, 0.1) is 5.92 Å². The standard InChI is InChI=1S/C18H33N3O5/c1-18(2,3)26-17(24)21-10-5-15(22)19-8-4-9-20-16(23)13-14-6-11-25-12-7-14/h14H,4-13H2,1-3H3,(H,19,22)(H,20,23)(H,21,24). The highest BCUT2D eigenvalue weighted by molar-refractivity contribution is 5.77. The Bertz CT molecular complexity index is 456. The van der Waals surface area contributed by atoms with Crippen molar-refractivity contribution in [3.05, 3.63) is 0 Å². The quantitative estimate of drug-likeness (QED) is 0.531. The minimum atomic E-state index is -0.554. The first-order chi connectivity index (χ1) is 12.3. The van der Waals surface area contributed by atoms with Crippen molar-refractivity contribution in [1.29, 1.82) is 0 Å². The van der Waals surface area contributed by atoms with Crippen molar-refractivity contribution in [3.63, 3.8) is 0 Å². The van der Waals surface area contributed by atoms with Crippen LogP contribution in [0.15, 0.2) is 0 Å². The topological polar surface area (TPSA) is 106 Å². The molecule has 0 spiro atoms. The zero-order chi connectivity index (χ0) is 19.4. The third kappa shape index (κ3) is 11.7. The van der Waals surface area contributed by atoms with Gasteiger partial charge < -0.3 is 25.4 Å². The van der Waals surface area contributed by atoms with Gasteiger partial charge in [-0.1, -0.05) is 0 Å². The Morgan fingerprint density at radius 2 is 1.58 bits per heavy atom. The van der Waals surface area contributed by atoms with E-state index in [9.17, 15) is 14.4 Å². The van der Waals surface area contributed by atoms with Crippen LogP contribution < -0.4 is 16.0 Å². The molecule has 0 saturated carbocycles. The summed E-state index contributed by atoms with van der Waals surface area (Å²) in [7, 11) is 0. The molecular weight excluding hydrogens is 338 g/mol. The van der Waals surface area contributed by atoms with E-state index in [-0.39, 0.29) is 24.8 Å². The summed E-state index contributed by atoms with van der Waals surface area (Å²) in [6, 6.07) is 0. The summed E-state index contributed by atoms with van der Waals surface area (Å²) in [5, 5.41) is 8.18. The molecule has 1 rings (SSSR count). The van der Waals surface area contributed by atoms with Crippen LogP contribution in [-0.4, -0.2) is 56.4 Å². The summed E-state index contributed by atoms with van der Waals surface area (Å²) in [5.74, 6) is 0.334. The Morgan fingerprint density at radius 1 is 0.962 bits per heavy atom. The second-order valence-electron chi connectivity index (χ2n) is 7.49. The predicted molar refractivity (Wildman–Crippen MR) is 97.7 cm³/mol. The number of hydrogen-bond acceptors (Lipinski definition) is 5. The molecule has 0 radical (unpaired) electrons. The molecule has 8 nitrogen and oxygen atoms in total. The molecule has 0 aromatic carbocycles. The highest BCUT2D eigenvalue weighted by Crippen LogP contribution is 2.17. The normalized spacial score (nSPS) is 15.2. The Morgan fingerprint density at radius 3 is 2.19 bits per heavy atom. The van der Waals surface area contributed by atoms with Gasteiger partial charge in [-0.25, -0.2) is 4.79 Å². The lowest BCUT2D eigenvalue weighted by Crippen LogP contribution is -2.35. The van der Waals surface area contributed by atoms with Crippen molar-refractivity contribution >= 4 is 17.9 Å². The fraction of sp³-hybridized carbons (Fsp3) is 0.833. The van der Waals surface area contributed by atoms with Gasteiger partial charge in [-0.3, -0.25) is 9.59 Å². The zero-order valence-corrected chi connectivity index (χ0v) is 16.2. The van der Waals surface area contributed by atoms with E-state index in [1.54, 1.807) is 20.8 Å². The molecule has 26 heavy (non-hydrogen) atoms. The summed E-state index contributed by atoms with van der Waals surface area (Å²) < 4.78 is 10.4. The lowest BCUT2D eigenvalue weighted by Gasteiger charge is -2.21. The number of amides is 3. The number of carbonyl (C=O) groups is 3. The monoisotopic (exact) mass is 371 g/mol. The average molecular weight is 371 g/mol. The van der Waals surface area contributed by atoms with Crippen LogP contribution in [0.25, 0.3) is 0 Å². The van der Waals surface area contributed by atoms with Crippen LogP contribution in [0.1, 0.15) is 52.9 Å².